The molecule has 0 saturated heterocycles. The summed E-state index contributed by atoms with van der Waals surface area (Å²) in [5.74, 6) is 0.833. The van der Waals surface area contributed by atoms with E-state index in [-0.39, 0.29) is 16.1 Å². The van der Waals surface area contributed by atoms with Crippen LogP contribution in [0, 0.1) is 0 Å². The monoisotopic (exact) mass is 454 g/mol. The summed E-state index contributed by atoms with van der Waals surface area (Å²) in [5, 5.41) is 2.93. The maximum atomic E-state index is 13.2. The van der Waals surface area contributed by atoms with Gasteiger partial charge in [0.1, 0.15) is 11.5 Å². The number of sulfonamides is 1. The van der Waals surface area contributed by atoms with Gasteiger partial charge >= 0.3 is 0 Å². The van der Waals surface area contributed by atoms with Gasteiger partial charge in [0.15, 0.2) is 0 Å². The van der Waals surface area contributed by atoms with Gasteiger partial charge in [0.05, 0.1) is 36.4 Å². The number of ether oxygens (including phenoxy) is 2. The zero-order valence-corrected chi connectivity index (χ0v) is 19.2. The standard InChI is InChI=1S/C24H26N2O5S/c1-17(21-16-18(30-3)14-15-23(21)31-4)25-24(27)20-12-8-9-13-22(20)26(2)32(28,29)19-10-6-5-7-11-19/h5-17H,1-4H3,(H,25,27). The van der Waals surface area contributed by atoms with E-state index in [9.17, 15) is 13.2 Å². The highest BCUT2D eigenvalue weighted by Gasteiger charge is 2.26. The highest BCUT2D eigenvalue weighted by molar-refractivity contribution is 7.92. The van der Waals surface area contributed by atoms with Crippen molar-refractivity contribution in [3.63, 3.8) is 0 Å². The van der Waals surface area contributed by atoms with Gasteiger partial charge in [-0.05, 0) is 49.4 Å². The molecule has 0 fully saturated rings. The molecule has 1 amide bonds. The van der Waals surface area contributed by atoms with Gasteiger partial charge in [-0.3, -0.25) is 9.10 Å². The van der Waals surface area contributed by atoms with Crippen molar-refractivity contribution in [3.05, 3.63) is 83.9 Å². The molecule has 0 aliphatic rings. The minimum atomic E-state index is -3.83. The number of benzene rings is 3. The first-order valence-electron chi connectivity index (χ1n) is 9.95. The lowest BCUT2D eigenvalue weighted by atomic mass is 10.1. The van der Waals surface area contributed by atoms with Gasteiger partial charge < -0.3 is 14.8 Å². The average Bonchev–Trinajstić information content (AvgIpc) is 2.83. The third-order valence-electron chi connectivity index (χ3n) is 5.14. The summed E-state index contributed by atoms with van der Waals surface area (Å²) in [6, 6.07) is 19.6. The van der Waals surface area contributed by atoms with E-state index < -0.39 is 22.0 Å². The molecule has 0 aliphatic heterocycles. The zero-order chi connectivity index (χ0) is 23.3. The van der Waals surface area contributed by atoms with E-state index in [0.717, 1.165) is 9.87 Å². The van der Waals surface area contributed by atoms with Crippen molar-refractivity contribution in [2.45, 2.75) is 17.9 Å². The van der Waals surface area contributed by atoms with Crippen molar-refractivity contribution in [1.82, 2.24) is 5.32 Å². The number of para-hydroxylation sites is 1. The van der Waals surface area contributed by atoms with Gasteiger partial charge in [-0.15, -0.1) is 0 Å². The number of nitrogens with one attached hydrogen (secondary N) is 1. The lowest BCUT2D eigenvalue weighted by Gasteiger charge is -2.23. The molecule has 3 aromatic carbocycles. The van der Waals surface area contributed by atoms with Crippen molar-refractivity contribution >= 4 is 21.6 Å². The van der Waals surface area contributed by atoms with E-state index in [1.165, 1.54) is 19.2 Å². The van der Waals surface area contributed by atoms with Crippen LogP contribution in [-0.2, 0) is 10.0 Å². The largest absolute Gasteiger partial charge is 0.497 e. The van der Waals surface area contributed by atoms with Gasteiger partial charge in [0.2, 0.25) is 0 Å². The second-order valence-electron chi connectivity index (χ2n) is 7.11. The molecule has 8 heteroatoms. The van der Waals surface area contributed by atoms with Crippen LogP contribution in [0.2, 0.25) is 0 Å². The van der Waals surface area contributed by atoms with E-state index >= 15 is 0 Å². The highest BCUT2D eigenvalue weighted by Crippen LogP contribution is 2.30. The van der Waals surface area contributed by atoms with E-state index in [1.807, 2.05) is 6.92 Å². The number of anilines is 1. The van der Waals surface area contributed by atoms with Crippen LogP contribution in [0.5, 0.6) is 11.5 Å². The first-order valence-corrected chi connectivity index (χ1v) is 11.4. The zero-order valence-electron chi connectivity index (χ0n) is 18.4. The van der Waals surface area contributed by atoms with Crippen molar-refractivity contribution in [2.75, 3.05) is 25.6 Å². The van der Waals surface area contributed by atoms with Gasteiger partial charge in [0.25, 0.3) is 15.9 Å². The van der Waals surface area contributed by atoms with Crippen LogP contribution in [0.1, 0.15) is 28.9 Å². The van der Waals surface area contributed by atoms with Gasteiger partial charge in [-0.25, -0.2) is 8.42 Å². The molecule has 1 N–H and O–H groups in total. The maximum Gasteiger partial charge on any atom is 0.264 e. The molecule has 7 nitrogen and oxygen atoms in total. The second kappa shape index (κ2) is 9.74. The Labute approximate surface area is 188 Å². The van der Waals surface area contributed by atoms with Crippen molar-refractivity contribution in [1.29, 1.82) is 0 Å². The summed E-state index contributed by atoms with van der Waals surface area (Å²) in [7, 11) is 0.720. The summed E-state index contributed by atoms with van der Waals surface area (Å²) < 4.78 is 38.0. The predicted octanol–water partition coefficient (Wildman–Crippen LogP) is 4.02. The molecular formula is C24H26N2O5S. The summed E-state index contributed by atoms with van der Waals surface area (Å²) in [5.41, 5.74) is 1.25. The number of hydrogen-bond acceptors (Lipinski definition) is 5. The Kier molecular flexibility index (Phi) is 7.05. The third kappa shape index (κ3) is 4.70. The van der Waals surface area contributed by atoms with Crippen molar-refractivity contribution in [3.8, 4) is 11.5 Å². The van der Waals surface area contributed by atoms with Crippen LogP contribution in [-0.4, -0.2) is 35.6 Å². The Morgan fingerprint density at radius 3 is 2.25 bits per heavy atom. The van der Waals surface area contributed by atoms with Crippen LogP contribution in [0.15, 0.2) is 77.7 Å². The van der Waals surface area contributed by atoms with Gasteiger partial charge in [0, 0.05) is 12.6 Å². The SMILES string of the molecule is COc1ccc(OC)c(C(C)NC(=O)c2ccccc2N(C)S(=O)(=O)c2ccccc2)c1. The number of amides is 1. The second-order valence-corrected chi connectivity index (χ2v) is 9.08. The summed E-state index contributed by atoms with van der Waals surface area (Å²) in [4.78, 5) is 13.3. The third-order valence-corrected chi connectivity index (χ3v) is 6.93. The van der Waals surface area contributed by atoms with Gasteiger partial charge in [-0.1, -0.05) is 30.3 Å². The van der Waals surface area contributed by atoms with Gasteiger partial charge in [-0.2, -0.15) is 0 Å². The number of rotatable bonds is 8. The van der Waals surface area contributed by atoms with E-state index in [1.54, 1.807) is 74.9 Å². The Morgan fingerprint density at radius 2 is 1.59 bits per heavy atom. The quantitative estimate of drug-likeness (QED) is 0.556. The molecule has 3 aromatic rings. The molecule has 0 spiro atoms. The van der Waals surface area contributed by atoms with Crippen LogP contribution in [0.3, 0.4) is 0 Å². The minimum absolute atomic E-state index is 0.146. The molecule has 3 rings (SSSR count). The normalized spacial score (nSPS) is 12.0. The topological polar surface area (TPSA) is 84.9 Å². The first kappa shape index (κ1) is 23.1. The molecule has 168 valence electrons. The predicted molar refractivity (Wildman–Crippen MR) is 124 cm³/mol. The fourth-order valence-electron chi connectivity index (χ4n) is 3.35. The Bertz CT molecular complexity index is 1200. The van der Waals surface area contributed by atoms with Crippen LogP contribution in [0.4, 0.5) is 5.69 Å². The molecule has 1 atom stereocenters. The fraction of sp³-hybridized carbons (Fsp3) is 0.208. The van der Waals surface area contributed by atoms with Crippen LogP contribution >= 0.6 is 0 Å². The molecule has 0 heterocycles. The number of carbonyl (C=O) groups excluding carboxylic acids is 1. The smallest absolute Gasteiger partial charge is 0.264 e. The van der Waals surface area contributed by atoms with Crippen LogP contribution < -0.4 is 19.1 Å². The van der Waals surface area contributed by atoms with E-state index in [0.29, 0.717) is 11.5 Å². The lowest BCUT2D eigenvalue weighted by Crippen LogP contribution is -2.32. The Balaban J connectivity index is 1.91. The summed E-state index contributed by atoms with van der Waals surface area (Å²) in [6.07, 6.45) is 0. The average molecular weight is 455 g/mol. The molecule has 0 aliphatic carbocycles. The molecule has 0 aromatic heterocycles. The molecule has 32 heavy (non-hydrogen) atoms. The highest BCUT2D eigenvalue weighted by atomic mass is 32.2. The summed E-state index contributed by atoms with van der Waals surface area (Å²) in [6.45, 7) is 1.82. The van der Waals surface area contributed by atoms with Crippen molar-refractivity contribution in [2.24, 2.45) is 0 Å². The number of hydrogen-bond donors (Lipinski definition) is 1. The number of methoxy groups -OCH3 is 2. The lowest BCUT2D eigenvalue weighted by molar-refractivity contribution is 0.0940. The number of nitrogens with zero attached hydrogens (tertiary/aromatic N) is 1. The Hall–Kier alpha value is -3.52. The fourth-order valence-corrected chi connectivity index (χ4v) is 4.59. The minimum Gasteiger partial charge on any atom is -0.497 e. The molecule has 0 saturated carbocycles. The molecule has 0 bridgehead atoms. The summed E-state index contributed by atoms with van der Waals surface area (Å²) >= 11 is 0. The Morgan fingerprint density at radius 1 is 0.938 bits per heavy atom. The first-order chi connectivity index (χ1) is 15.3. The number of carbonyl (C=O) groups is 1. The van der Waals surface area contributed by atoms with E-state index in [4.69, 9.17) is 9.47 Å². The molecule has 0 radical (unpaired) electrons. The van der Waals surface area contributed by atoms with Crippen LogP contribution in [0.25, 0.3) is 0 Å². The molecule has 1 unspecified atom stereocenters. The van der Waals surface area contributed by atoms with E-state index in [2.05, 4.69) is 5.32 Å². The molecular weight excluding hydrogens is 428 g/mol. The van der Waals surface area contributed by atoms with Crippen molar-refractivity contribution < 1.29 is 22.7 Å². The maximum absolute atomic E-state index is 13.2.